The van der Waals surface area contributed by atoms with Crippen LogP contribution in [0.5, 0.6) is 0 Å². The highest BCUT2D eigenvalue weighted by Gasteiger charge is 2.21. The van der Waals surface area contributed by atoms with Crippen LogP contribution in [-0.2, 0) is 0 Å². The molecule has 3 heterocycles. The Balaban J connectivity index is 1.78. The van der Waals surface area contributed by atoms with E-state index in [1.165, 1.54) is 0 Å². The van der Waals surface area contributed by atoms with Crippen molar-refractivity contribution >= 4 is 16.9 Å². The fraction of sp³-hybridized carbons (Fsp3) is 0.538. The van der Waals surface area contributed by atoms with Crippen molar-refractivity contribution in [3.63, 3.8) is 0 Å². The fourth-order valence-corrected chi connectivity index (χ4v) is 2.73. The van der Waals surface area contributed by atoms with Gasteiger partial charge in [0.25, 0.3) is 0 Å². The quantitative estimate of drug-likeness (QED) is 0.862. The molecule has 2 aromatic heterocycles. The molecule has 1 fully saturated rings. The Morgan fingerprint density at radius 1 is 1.33 bits per heavy atom. The maximum Gasteiger partial charge on any atom is 0.142 e. The molecule has 3 rings (SSSR count). The van der Waals surface area contributed by atoms with Gasteiger partial charge in [-0.2, -0.15) is 0 Å². The summed E-state index contributed by atoms with van der Waals surface area (Å²) in [6, 6.07) is 2.03. The maximum absolute atomic E-state index is 8.98. The molecule has 2 N–H and O–H groups in total. The van der Waals surface area contributed by atoms with Crippen LogP contribution in [0.1, 0.15) is 19.3 Å². The number of aliphatic hydroxyl groups is 1. The molecular formula is C13H18N4O. The predicted molar refractivity (Wildman–Crippen MR) is 70.5 cm³/mol. The van der Waals surface area contributed by atoms with Crippen LogP contribution in [0.3, 0.4) is 0 Å². The van der Waals surface area contributed by atoms with Gasteiger partial charge in [0.15, 0.2) is 0 Å². The van der Waals surface area contributed by atoms with Gasteiger partial charge in [-0.3, -0.25) is 0 Å². The molecular weight excluding hydrogens is 228 g/mol. The lowest BCUT2D eigenvalue weighted by atomic mass is 9.94. The monoisotopic (exact) mass is 246 g/mol. The number of hydrogen-bond acceptors (Lipinski definition) is 4. The van der Waals surface area contributed by atoms with E-state index in [1.54, 1.807) is 6.33 Å². The number of nitrogens with zero attached hydrogens (tertiary/aromatic N) is 3. The van der Waals surface area contributed by atoms with E-state index in [1.807, 2.05) is 12.3 Å². The molecule has 0 atom stereocenters. The number of nitrogens with one attached hydrogen (secondary N) is 1. The van der Waals surface area contributed by atoms with Gasteiger partial charge in [-0.15, -0.1) is 0 Å². The minimum Gasteiger partial charge on any atom is -0.396 e. The van der Waals surface area contributed by atoms with E-state index < -0.39 is 0 Å². The lowest BCUT2D eigenvalue weighted by molar-refractivity contribution is 0.240. The second kappa shape index (κ2) is 4.94. The topological polar surface area (TPSA) is 65.0 Å². The van der Waals surface area contributed by atoms with Crippen molar-refractivity contribution < 1.29 is 5.11 Å². The smallest absolute Gasteiger partial charge is 0.142 e. The minimum atomic E-state index is 0.306. The minimum absolute atomic E-state index is 0.306. The summed E-state index contributed by atoms with van der Waals surface area (Å²) in [5.74, 6) is 1.69. The lowest BCUT2D eigenvalue weighted by Crippen LogP contribution is -2.34. The van der Waals surface area contributed by atoms with E-state index in [0.717, 1.165) is 49.2 Å². The zero-order valence-corrected chi connectivity index (χ0v) is 10.3. The van der Waals surface area contributed by atoms with Crippen molar-refractivity contribution in [2.75, 3.05) is 24.6 Å². The Morgan fingerprint density at radius 2 is 2.17 bits per heavy atom. The van der Waals surface area contributed by atoms with Crippen molar-refractivity contribution in [2.45, 2.75) is 19.3 Å². The summed E-state index contributed by atoms with van der Waals surface area (Å²) in [6.45, 7) is 2.34. The number of hydrogen-bond donors (Lipinski definition) is 2. The maximum atomic E-state index is 8.98. The summed E-state index contributed by atoms with van der Waals surface area (Å²) >= 11 is 0. The average Bonchev–Trinajstić information content (AvgIpc) is 2.88. The fourth-order valence-electron chi connectivity index (χ4n) is 2.73. The van der Waals surface area contributed by atoms with Gasteiger partial charge in [0.05, 0.1) is 5.39 Å². The second-order valence-corrected chi connectivity index (χ2v) is 4.88. The number of aliphatic hydroxyl groups excluding tert-OH is 1. The molecule has 0 aliphatic carbocycles. The molecule has 96 valence electrons. The first kappa shape index (κ1) is 11.5. The molecule has 5 heteroatoms. The van der Waals surface area contributed by atoms with E-state index >= 15 is 0 Å². The third-order valence-corrected chi connectivity index (χ3v) is 3.78. The van der Waals surface area contributed by atoms with E-state index in [-0.39, 0.29) is 0 Å². The van der Waals surface area contributed by atoms with Crippen molar-refractivity contribution in [3.05, 3.63) is 18.6 Å². The molecule has 0 spiro atoms. The van der Waals surface area contributed by atoms with Crippen molar-refractivity contribution in [3.8, 4) is 0 Å². The molecule has 0 aromatic carbocycles. The highest BCUT2D eigenvalue weighted by molar-refractivity contribution is 5.87. The first-order valence-electron chi connectivity index (χ1n) is 6.52. The van der Waals surface area contributed by atoms with Gasteiger partial charge < -0.3 is 15.0 Å². The van der Waals surface area contributed by atoms with Gasteiger partial charge >= 0.3 is 0 Å². The van der Waals surface area contributed by atoms with Crippen LogP contribution in [0.15, 0.2) is 18.6 Å². The SMILES string of the molecule is OCCC1CCN(c2ncnc3[nH]ccc23)CC1. The van der Waals surface area contributed by atoms with Gasteiger partial charge in [-0.1, -0.05) is 0 Å². The molecule has 0 saturated carbocycles. The van der Waals surface area contributed by atoms with Gasteiger partial charge in [-0.25, -0.2) is 9.97 Å². The van der Waals surface area contributed by atoms with Gasteiger partial charge in [0.1, 0.15) is 17.8 Å². The predicted octanol–water partition coefficient (Wildman–Crippen LogP) is 1.56. The van der Waals surface area contributed by atoms with E-state index in [4.69, 9.17) is 5.11 Å². The molecule has 18 heavy (non-hydrogen) atoms. The molecule has 2 aromatic rings. The first-order chi connectivity index (χ1) is 8.88. The highest BCUT2D eigenvalue weighted by Crippen LogP contribution is 2.27. The molecule has 0 unspecified atom stereocenters. The summed E-state index contributed by atoms with van der Waals surface area (Å²) in [4.78, 5) is 14.1. The summed E-state index contributed by atoms with van der Waals surface area (Å²) in [7, 11) is 0. The number of H-pyrrole nitrogens is 1. The van der Waals surface area contributed by atoms with Crippen LogP contribution in [-0.4, -0.2) is 39.8 Å². The Bertz CT molecular complexity index is 516. The van der Waals surface area contributed by atoms with Crippen LogP contribution in [0.25, 0.3) is 11.0 Å². The van der Waals surface area contributed by atoms with Crippen LogP contribution in [0, 0.1) is 5.92 Å². The van der Waals surface area contributed by atoms with Crippen LogP contribution < -0.4 is 4.90 Å². The number of anilines is 1. The summed E-state index contributed by atoms with van der Waals surface area (Å²) in [5, 5.41) is 10.1. The third-order valence-electron chi connectivity index (χ3n) is 3.78. The number of rotatable bonds is 3. The van der Waals surface area contributed by atoms with Crippen LogP contribution >= 0.6 is 0 Å². The molecule has 0 bridgehead atoms. The molecule has 1 aliphatic rings. The number of fused-ring (bicyclic) bond motifs is 1. The van der Waals surface area contributed by atoms with Gasteiger partial charge in [0.2, 0.25) is 0 Å². The Hall–Kier alpha value is -1.62. The lowest BCUT2D eigenvalue weighted by Gasteiger charge is -2.32. The van der Waals surface area contributed by atoms with E-state index in [2.05, 4.69) is 19.9 Å². The van der Waals surface area contributed by atoms with E-state index in [0.29, 0.717) is 12.5 Å². The normalized spacial score (nSPS) is 17.5. The van der Waals surface area contributed by atoms with Crippen molar-refractivity contribution in [1.82, 2.24) is 15.0 Å². The summed E-state index contributed by atoms with van der Waals surface area (Å²) in [6.07, 6.45) is 6.72. The average molecular weight is 246 g/mol. The molecule has 0 radical (unpaired) electrons. The summed E-state index contributed by atoms with van der Waals surface area (Å²) in [5.41, 5.74) is 0.900. The van der Waals surface area contributed by atoms with Crippen molar-refractivity contribution in [2.24, 2.45) is 5.92 Å². The summed E-state index contributed by atoms with van der Waals surface area (Å²) < 4.78 is 0. The Kier molecular flexibility index (Phi) is 3.15. The highest BCUT2D eigenvalue weighted by atomic mass is 16.3. The molecule has 1 aliphatic heterocycles. The van der Waals surface area contributed by atoms with Gasteiger partial charge in [-0.05, 0) is 31.2 Å². The zero-order valence-electron chi connectivity index (χ0n) is 10.3. The number of aromatic nitrogens is 3. The number of aromatic amines is 1. The largest absolute Gasteiger partial charge is 0.396 e. The van der Waals surface area contributed by atoms with Crippen LogP contribution in [0.2, 0.25) is 0 Å². The Labute approximate surface area is 106 Å². The third kappa shape index (κ3) is 2.06. The molecule has 5 nitrogen and oxygen atoms in total. The standard InChI is InChI=1S/C13H18N4O/c18-8-4-10-2-6-17(7-3-10)13-11-1-5-14-12(11)15-9-16-13/h1,5,9-10,18H,2-4,6-8H2,(H,14,15,16). The van der Waals surface area contributed by atoms with Gasteiger partial charge in [0, 0.05) is 25.9 Å². The first-order valence-corrected chi connectivity index (χ1v) is 6.52. The van der Waals surface area contributed by atoms with Crippen molar-refractivity contribution in [1.29, 1.82) is 0 Å². The number of piperidine rings is 1. The molecule has 0 amide bonds. The molecule has 1 saturated heterocycles. The second-order valence-electron chi connectivity index (χ2n) is 4.88. The van der Waals surface area contributed by atoms with E-state index in [9.17, 15) is 0 Å². The zero-order chi connectivity index (χ0) is 12.4. The Morgan fingerprint density at radius 3 is 2.94 bits per heavy atom. The van der Waals surface area contributed by atoms with Crippen LogP contribution in [0.4, 0.5) is 5.82 Å².